The van der Waals surface area contributed by atoms with E-state index in [1.807, 2.05) is 51.1 Å². The van der Waals surface area contributed by atoms with Crippen molar-refractivity contribution < 1.29 is 9.84 Å². The third-order valence-electron chi connectivity index (χ3n) is 2.29. The third-order valence-corrected chi connectivity index (χ3v) is 2.29. The van der Waals surface area contributed by atoms with Crippen LogP contribution in [0.25, 0.3) is 0 Å². The third kappa shape index (κ3) is 2.56. The molecule has 1 atom stereocenters. The van der Waals surface area contributed by atoms with E-state index in [0.29, 0.717) is 6.61 Å². The molecule has 0 aliphatic heterocycles. The van der Waals surface area contributed by atoms with Gasteiger partial charge in [0.05, 0.1) is 5.60 Å². The minimum absolute atomic E-state index is 0.532. The molecular weight excluding hydrogens is 176 g/mol. The normalized spacial score (nSPS) is 14.0. The number of rotatable bonds is 4. The molecule has 0 aromatic heterocycles. The highest BCUT2D eigenvalue weighted by molar-refractivity contribution is 5.19. The van der Waals surface area contributed by atoms with Gasteiger partial charge in [-0.25, -0.2) is 0 Å². The molecule has 1 N–H and O–H groups in total. The maximum Gasteiger partial charge on any atom is 0.107 e. The van der Waals surface area contributed by atoms with Crippen molar-refractivity contribution in [2.24, 2.45) is 0 Å². The largest absolute Gasteiger partial charge is 0.385 e. The molecule has 0 aliphatic carbocycles. The molecule has 0 amide bonds. The van der Waals surface area contributed by atoms with Gasteiger partial charge in [-0.05, 0) is 26.3 Å². The summed E-state index contributed by atoms with van der Waals surface area (Å²) in [4.78, 5) is 0. The Hall–Kier alpha value is -0.860. The van der Waals surface area contributed by atoms with Gasteiger partial charge in [-0.2, -0.15) is 0 Å². The van der Waals surface area contributed by atoms with E-state index >= 15 is 0 Å². The van der Waals surface area contributed by atoms with Gasteiger partial charge in [0.1, 0.15) is 6.10 Å². The molecule has 0 aliphatic rings. The molecule has 1 unspecified atom stereocenters. The van der Waals surface area contributed by atoms with E-state index in [0.717, 1.165) is 5.56 Å². The van der Waals surface area contributed by atoms with Crippen LogP contribution in [0.3, 0.4) is 0 Å². The van der Waals surface area contributed by atoms with Crippen molar-refractivity contribution in [1.29, 1.82) is 0 Å². The zero-order valence-electron chi connectivity index (χ0n) is 9.03. The lowest BCUT2D eigenvalue weighted by atomic mass is 9.94. The van der Waals surface area contributed by atoms with Crippen LogP contribution in [-0.4, -0.2) is 17.3 Å². The van der Waals surface area contributed by atoms with Crippen molar-refractivity contribution in [2.45, 2.75) is 32.5 Å². The van der Waals surface area contributed by atoms with Crippen molar-refractivity contribution in [1.82, 2.24) is 0 Å². The van der Waals surface area contributed by atoms with Crippen molar-refractivity contribution in [3.63, 3.8) is 0 Å². The number of aliphatic hydroxyl groups excluding tert-OH is 1. The lowest BCUT2D eigenvalue weighted by Gasteiger charge is -2.30. The second kappa shape index (κ2) is 4.58. The van der Waals surface area contributed by atoms with Crippen LogP contribution in [0, 0.1) is 0 Å². The van der Waals surface area contributed by atoms with Crippen LogP contribution >= 0.6 is 0 Å². The lowest BCUT2D eigenvalue weighted by Crippen LogP contribution is -2.32. The average molecular weight is 194 g/mol. The zero-order chi connectivity index (χ0) is 10.6. The molecule has 1 aromatic rings. The molecule has 0 heterocycles. The molecule has 14 heavy (non-hydrogen) atoms. The number of benzene rings is 1. The smallest absolute Gasteiger partial charge is 0.107 e. The van der Waals surface area contributed by atoms with E-state index < -0.39 is 11.7 Å². The van der Waals surface area contributed by atoms with Gasteiger partial charge >= 0.3 is 0 Å². The molecule has 1 rings (SSSR count). The van der Waals surface area contributed by atoms with Crippen molar-refractivity contribution in [2.75, 3.05) is 6.61 Å². The summed E-state index contributed by atoms with van der Waals surface area (Å²) in [6.45, 7) is 6.33. The Labute approximate surface area is 85.5 Å². The van der Waals surface area contributed by atoms with Gasteiger partial charge in [0.25, 0.3) is 0 Å². The highest BCUT2D eigenvalue weighted by Crippen LogP contribution is 2.28. The van der Waals surface area contributed by atoms with Crippen LogP contribution in [0.5, 0.6) is 0 Å². The Bertz CT molecular complexity index is 267. The van der Waals surface area contributed by atoms with E-state index in [4.69, 9.17) is 4.74 Å². The van der Waals surface area contributed by atoms with Gasteiger partial charge in [-0.3, -0.25) is 0 Å². The quantitative estimate of drug-likeness (QED) is 0.798. The minimum atomic E-state index is -0.580. The van der Waals surface area contributed by atoms with Crippen LogP contribution in [0.4, 0.5) is 0 Å². The van der Waals surface area contributed by atoms with Crippen LogP contribution in [-0.2, 0) is 4.74 Å². The Kier molecular flexibility index (Phi) is 3.67. The number of hydrogen-bond donors (Lipinski definition) is 1. The Morgan fingerprint density at radius 3 is 2.36 bits per heavy atom. The predicted octanol–water partition coefficient (Wildman–Crippen LogP) is 2.54. The monoisotopic (exact) mass is 194 g/mol. The number of ether oxygens (including phenoxy) is 1. The Balaban J connectivity index is 2.79. The molecule has 78 valence electrons. The fourth-order valence-corrected chi connectivity index (χ4v) is 1.49. The fraction of sp³-hybridized carbons (Fsp3) is 0.500. The first-order valence-electron chi connectivity index (χ1n) is 4.95. The van der Waals surface area contributed by atoms with Crippen molar-refractivity contribution >= 4 is 0 Å². The molecule has 0 fully saturated rings. The van der Waals surface area contributed by atoms with Gasteiger partial charge in [0.15, 0.2) is 0 Å². The molecule has 2 heteroatoms. The first kappa shape index (κ1) is 11.2. The summed E-state index contributed by atoms with van der Waals surface area (Å²) in [6, 6.07) is 9.59. The Morgan fingerprint density at radius 1 is 1.29 bits per heavy atom. The number of hydrogen-bond acceptors (Lipinski definition) is 2. The van der Waals surface area contributed by atoms with E-state index in [1.165, 1.54) is 0 Å². The van der Waals surface area contributed by atoms with E-state index in [2.05, 4.69) is 0 Å². The average Bonchev–Trinajstić information content (AvgIpc) is 2.18. The lowest BCUT2D eigenvalue weighted by molar-refractivity contribution is -0.0983. The van der Waals surface area contributed by atoms with Crippen molar-refractivity contribution in [3.05, 3.63) is 35.9 Å². The van der Waals surface area contributed by atoms with Crippen molar-refractivity contribution in [3.8, 4) is 0 Å². The first-order valence-corrected chi connectivity index (χ1v) is 4.95. The van der Waals surface area contributed by atoms with Gasteiger partial charge in [0.2, 0.25) is 0 Å². The standard InChI is InChI=1S/C12H18O2/c1-4-14-12(2,3)11(13)10-8-6-5-7-9-10/h5-9,11,13H,4H2,1-3H3. The van der Waals surface area contributed by atoms with E-state index in [9.17, 15) is 5.11 Å². The van der Waals surface area contributed by atoms with E-state index in [1.54, 1.807) is 0 Å². The summed E-state index contributed by atoms with van der Waals surface area (Å²) < 4.78 is 5.50. The molecule has 0 spiro atoms. The van der Waals surface area contributed by atoms with Gasteiger partial charge in [-0.1, -0.05) is 30.3 Å². The molecule has 0 radical (unpaired) electrons. The van der Waals surface area contributed by atoms with Crippen LogP contribution in [0.1, 0.15) is 32.4 Å². The molecule has 0 bridgehead atoms. The van der Waals surface area contributed by atoms with E-state index in [-0.39, 0.29) is 0 Å². The summed E-state index contributed by atoms with van der Waals surface area (Å²) in [6.07, 6.45) is -0.580. The van der Waals surface area contributed by atoms with Gasteiger partial charge in [0, 0.05) is 6.61 Å². The fourth-order valence-electron chi connectivity index (χ4n) is 1.49. The van der Waals surface area contributed by atoms with Crippen LogP contribution in [0.2, 0.25) is 0 Å². The molecule has 2 nitrogen and oxygen atoms in total. The molecule has 1 aromatic carbocycles. The predicted molar refractivity (Wildman–Crippen MR) is 57.1 cm³/mol. The van der Waals surface area contributed by atoms with Gasteiger partial charge in [-0.15, -0.1) is 0 Å². The second-order valence-corrected chi connectivity index (χ2v) is 3.85. The number of aliphatic hydroxyl groups is 1. The summed E-state index contributed by atoms with van der Waals surface area (Å²) >= 11 is 0. The maximum atomic E-state index is 10.1. The minimum Gasteiger partial charge on any atom is -0.385 e. The highest BCUT2D eigenvalue weighted by atomic mass is 16.5. The topological polar surface area (TPSA) is 29.5 Å². The molecule has 0 saturated heterocycles. The van der Waals surface area contributed by atoms with Crippen LogP contribution < -0.4 is 0 Å². The van der Waals surface area contributed by atoms with Gasteiger partial charge < -0.3 is 9.84 Å². The van der Waals surface area contributed by atoms with Crippen LogP contribution in [0.15, 0.2) is 30.3 Å². The summed E-state index contributed by atoms with van der Waals surface area (Å²) in [7, 11) is 0. The highest BCUT2D eigenvalue weighted by Gasteiger charge is 2.29. The first-order chi connectivity index (χ1) is 6.58. The summed E-state index contributed by atoms with van der Waals surface area (Å²) in [5.41, 5.74) is 0.363. The summed E-state index contributed by atoms with van der Waals surface area (Å²) in [5.74, 6) is 0. The second-order valence-electron chi connectivity index (χ2n) is 3.85. The summed E-state index contributed by atoms with van der Waals surface area (Å²) in [5, 5.41) is 10.1. The molecular formula is C12H18O2. The Morgan fingerprint density at radius 2 is 1.86 bits per heavy atom. The molecule has 0 saturated carbocycles. The SMILES string of the molecule is CCOC(C)(C)C(O)c1ccccc1. The maximum absolute atomic E-state index is 10.1. The zero-order valence-corrected chi connectivity index (χ0v) is 9.03.